The molecule has 2 amide bonds. The second-order valence-corrected chi connectivity index (χ2v) is 15.6. The van der Waals surface area contributed by atoms with Crippen LogP contribution in [0.15, 0.2) is 18.3 Å². The molecule has 2 heterocycles. The normalized spacial score (nSPS) is 17.8. The summed E-state index contributed by atoms with van der Waals surface area (Å²) in [6.07, 6.45) is 1.40. The zero-order valence-electron chi connectivity index (χ0n) is 21.1. The van der Waals surface area contributed by atoms with Gasteiger partial charge in [0.1, 0.15) is 11.3 Å². The molecule has 1 aliphatic rings. The Morgan fingerprint density at radius 2 is 1.81 bits per heavy atom. The Morgan fingerprint density at radius 3 is 2.31 bits per heavy atom. The Morgan fingerprint density at radius 1 is 1.16 bits per heavy atom. The highest BCUT2D eigenvalue weighted by molar-refractivity contribution is 6.74. The molecule has 1 N–H and O–H groups in total. The van der Waals surface area contributed by atoms with Crippen LogP contribution in [0.1, 0.15) is 52.0 Å². The van der Waals surface area contributed by atoms with Crippen LogP contribution in [0.2, 0.25) is 18.1 Å². The molecule has 0 radical (unpaired) electrons. The Kier molecular flexibility index (Phi) is 7.99. The van der Waals surface area contributed by atoms with E-state index in [1.807, 2.05) is 26.8 Å². The van der Waals surface area contributed by atoms with E-state index in [0.717, 1.165) is 5.69 Å². The maximum Gasteiger partial charge on any atom is 0.410 e. The molecule has 1 unspecified atom stereocenters. The van der Waals surface area contributed by atoms with E-state index in [4.69, 9.17) is 9.16 Å². The fraction of sp³-hybridized carbons (Fsp3) is 0.696. The zero-order chi connectivity index (χ0) is 24.3. The van der Waals surface area contributed by atoms with E-state index in [-0.39, 0.29) is 23.1 Å². The predicted molar refractivity (Wildman–Crippen MR) is 130 cm³/mol. The second-order valence-electron chi connectivity index (χ2n) is 10.8. The van der Waals surface area contributed by atoms with E-state index in [0.29, 0.717) is 31.9 Å². The highest BCUT2D eigenvalue weighted by atomic mass is 28.4. The number of hydrogen-bond donors (Lipinski definition) is 1. The monoisotopic (exact) mass is 464 g/mol. The zero-order valence-corrected chi connectivity index (χ0v) is 22.1. The number of nitrogens with zero attached hydrogens (tertiary/aromatic N) is 3. The van der Waals surface area contributed by atoms with Crippen molar-refractivity contribution in [3.05, 3.63) is 24.0 Å². The van der Waals surface area contributed by atoms with Gasteiger partial charge in [-0.05, 0) is 51.0 Å². The first-order valence-corrected chi connectivity index (χ1v) is 14.1. The number of piperazine rings is 1. The van der Waals surface area contributed by atoms with Gasteiger partial charge in [-0.25, -0.2) is 9.78 Å². The number of anilines is 1. The minimum Gasteiger partial charge on any atom is -0.444 e. The third kappa shape index (κ3) is 6.68. The van der Waals surface area contributed by atoms with Crippen molar-refractivity contribution >= 4 is 26.0 Å². The predicted octanol–water partition coefficient (Wildman–Crippen LogP) is 3.89. The first-order chi connectivity index (χ1) is 14.6. The molecule has 1 atom stereocenters. The van der Waals surface area contributed by atoms with Crippen molar-refractivity contribution < 1.29 is 18.8 Å². The van der Waals surface area contributed by atoms with Crippen LogP contribution >= 0.6 is 0 Å². The molecule has 0 aliphatic carbocycles. The van der Waals surface area contributed by atoms with Crippen LogP contribution in [0.25, 0.3) is 0 Å². The topological polar surface area (TPSA) is 84.0 Å². The molecule has 9 heteroatoms. The lowest BCUT2D eigenvalue weighted by Gasteiger charge is -2.44. The quantitative estimate of drug-likeness (QED) is 0.666. The summed E-state index contributed by atoms with van der Waals surface area (Å²) in [7, 11) is -0.396. The van der Waals surface area contributed by atoms with Gasteiger partial charge < -0.3 is 19.4 Å². The molecule has 0 bridgehead atoms. The third-order valence-electron chi connectivity index (χ3n) is 6.13. The fourth-order valence-electron chi connectivity index (χ4n) is 3.15. The van der Waals surface area contributed by atoms with Gasteiger partial charge >= 0.3 is 6.09 Å². The molecule has 32 heavy (non-hydrogen) atoms. The van der Waals surface area contributed by atoms with E-state index in [2.05, 4.69) is 49.1 Å². The number of ether oxygens (including phenoxy) is 1. The average molecular weight is 465 g/mol. The van der Waals surface area contributed by atoms with Crippen molar-refractivity contribution in [3.8, 4) is 0 Å². The third-order valence-corrected chi connectivity index (χ3v) is 10.6. The van der Waals surface area contributed by atoms with Gasteiger partial charge in [0.2, 0.25) is 0 Å². The molecule has 0 saturated carbocycles. The summed E-state index contributed by atoms with van der Waals surface area (Å²) in [6, 6.07) is 3.47. The molecule has 1 aromatic heterocycles. The Hall–Kier alpha value is -2.13. The average Bonchev–Trinajstić information content (AvgIpc) is 2.69. The van der Waals surface area contributed by atoms with Crippen LogP contribution in [0, 0.1) is 0 Å². The number of carbonyl (C=O) groups excluding carboxylic acids is 2. The van der Waals surface area contributed by atoms with E-state index in [1.54, 1.807) is 24.2 Å². The van der Waals surface area contributed by atoms with E-state index in [9.17, 15) is 9.59 Å². The summed E-state index contributed by atoms with van der Waals surface area (Å²) >= 11 is 0. The molecule has 180 valence electrons. The maximum atomic E-state index is 12.9. The van der Waals surface area contributed by atoms with Crippen molar-refractivity contribution in [2.45, 2.75) is 71.3 Å². The lowest BCUT2D eigenvalue weighted by Crippen LogP contribution is -2.59. The minimum atomic E-state index is -1.98. The number of pyridine rings is 1. The van der Waals surface area contributed by atoms with Gasteiger partial charge in [-0.15, -0.1) is 0 Å². The van der Waals surface area contributed by atoms with Crippen molar-refractivity contribution in [3.63, 3.8) is 0 Å². The maximum absolute atomic E-state index is 12.9. The smallest absolute Gasteiger partial charge is 0.410 e. The standard InChI is InChI=1S/C23H40N4O4Si/c1-22(2,3)31-21(29)27-13-12-26(17-10-11-19(25-14-17)20(28)24-7)15-18(27)16-30-32(8,9)23(4,5)6/h10-11,14,18H,12-13,15-16H2,1-9H3,(H,24,28). The number of amides is 2. The molecule has 1 aromatic rings. The molecule has 1 aliphatic heterocycles. The lowest BCUT2D eigenvalue weighted by molar-refractivity contribution is 0.00782. The van der Waals surface area contributed by atoms with Crippen molar-refractivity contribution in [2.75, 3.05) is 38.2 Å². The highest BCUT2D eigenvalue weighted by Gasteiger charge is 2.40. The van der Waals surface area contributed by atoms with Gasteiger partial charge in [-0.2, -0.15) is 0 Å². The van der Waals surface area contributed by atoms with Gasteiger partial charge in [0.15, 0.2) is 8.32 Å². The molecule has 1 saturated heterocycles. The fourth-order valence-corrected chi connectivity index (χ4v) is 4.19. The molecule has 0 spiro atoms. The summed E-state index contributed by atoms with van der Waals surface area (Å²) in [5, 5.41) is 2.66. The second kappa shape index (κ2) is 9.78. The molecular weight excluding hydrogens is 424 g/mol. The number of hydrogen-bond acceptors (Lipinski definition) is 6. The molecule has 2 rings (SSSR count). The molecule has 1 fully saturated rings. The minimum absolute atomic E-state index is 0.0811. The summed E-state index contributed by atoms with van der Waals surface area (Å²) in [4.78, 5) is 33.0. The van der Waals surface area contributed by atoms with Crippen LogP contribution in [-0.4, -0.2) is 75.1 Å². The van der Waals surface area contributed by atoms with Crippen LogP contribution in [0.5, 0.6) is 0 Å². The first-order valence-electron chi connectivity index (χ1n) is 11.2. The van der Waals surface area contributed by atoms with Crippen molar-refractivity contribution in [2.24, 2.45) is 0 Å². The Balaban J connectivity index is 2.20. The van der Waals surface area contributed by atoms with E-state index >= 15 is 0 Å². The highest BCUT2D eigenvalue weighted by Crippen LogP contribution is 2.37. The van der Waals surface area contributed by atoms with Crippen LogP contribution < -0.4 is 10.2 Å². The largest absolute Gasteiger partial charge is 0.444 e. The summed E-state index contributed by atoms with van der Waals surface area (Å²) < 4.78 is 12.2. The summed E-state index contributed by atoms with van der Waals surface area (Å²) in [5.74, 6) is -0.216. The lowest BCUT2D eigenvalue weighted by atomic mass is 10.1. The van der Waals surface area contributed by atoms with Crippen molar-refractivity contribution in [1.29, 1.82) is 0 Å². The molecule has 8 nitrogen and oxygen atoms in total. The summed E-state index contributed by atoms with van der Waals surface area (Å²) in [6.45, 7) is 18.9. The number of carbonyl (C=O) groups is 2. The number of aromatic nitrogens is 1. The summed E-state index contributed by atoms with van der Waals surface area (Å²) in [5.41, 5.74) is 0.735. The van der Waals surface area contributed by atoms with Gasteiger partial charge in [0.25, 0.3) is 5.91 Å². The van der Waals surface area contributed by atoms with Gasteiger partial charge in [-0.3, -0.25) is 9.69 Å². The van der Waals surface area contributed by atoms with Crippen LogP contribution in [0.4, 0.5) is 10.5 Å². The Labute approximate surface area is 193 Å². The van der Waals surface area contributed by atoms with Gasteiger partial charge in [0, 0.05) is 26.7 Å². The number of nitrogens with one attached hydrogen (secondary N) is 1. The van der Waals surface area contributed by atoms with Gasteiger partial charge in [-0.1, -0.05) is 20.8 Å². The van der Waals surface area contributed by atoms with Gasteiger partial charge in [0.05, 0.1) is 24.5 Å². The van der Waals surface area contributed by atoms with Crippen molar-refractivity contribution in [1.82, 2.24) is 15.2 Å². The van der Waals surface area contributed by atoms with E-state index < -0.39 is 13.9 Å². The molecule has 0 aromatic carbocycles. The number of rotatable bonds is 5. The SMILES string of the molecule is CNC(=O)c1ccc(N2CCN(C(=O)OC(C)(C)C)C(CO[Si](C)(C)C(C)(C)C)C2)cn1. The van der Waals surface area contributed by atoms with E-state index in [1.165, 1.54) is 0 Å². The first kappa shape index (κ1) is 26.1. The van der Waals surface area contributed by atoms with Crippen LogP contribution in [0.3, 0.4) is 0 Å². The van der Waals surface area contributed by atoms with Crippen LogP contribution in [-0.2, 0) is 9.16 Å². The molecular formula is C23H40N4O4Si. The Bertz CT molecular complexity index is 800.